The van der Waals surface area contributed by atoms with Crippen LogP contribution in [0.1, 0.15) is 27.3 Å². The van der Waals surface area contributed by atoms with Crippen molar-refractivity contribution < 1.29 is 4.79 Å². The minimum Gasteiger partial charge on any atom is -0.367 e. The summed E-state index contributed by atoms with van der Waals surface area (Å²) < 4.78 is 1.98. The molecular formula is C24H29N5O. The molecule has 6 heteroatoms. The standard InChI is InChI=1S/C24H29N5O/c1-18-16-19(2)29(26-18)17-20-8-10-21(11-9-20)24(30)25-22-6-4-5-7-23(22)28-14-12-27(3)13-15-28/h4-11,16H,12-15,17H2,1-3H3,(H,25,30). The van der Waals surface area contributed by atoms with Crippen LogP contribution in [0.15, 0.2) is 54.6 Å². The number of aryl methyl sites for hydroxylation is 2. The van der Waals surface area contributed by atoms with Crippen molar-refractivity contribution in [2.24, 2.45) is 0 Å². The summed E-state index contributed by atoms with van der Waals surface area (Å²) >= 11 is 0. The predicted octanol–water partition coefficient (Wildman–Crippen LogP) is 3.55. The van der Waals surface area contributed by atoms with Gasteiger partial charge in [0.2, 0.25) is 0 Å². The van der Waals surface area contributed by atoms with Gasteiger partial charge in [0.05, 0.1) is 23.6 Å². The van der Waals surface area contributed by atoms with Gasteiger partial charge in [-0.05, 0) is 56.8 Å². The van der Waals surface area contributed by atoms with E-state index in [0.717, 1.165) is 54.5 Å². The zero-order chi connectivity index (χ0) is 21.1. The number of benzene rings is 2. The molecule has 0 radical (unpaired) electrons. The molecule has 1 N–H and O–H groups in total. The quantitative estimate of drug-likeness (QED) is 0.708. The molecule has 4 rings (SSSR count). The number of para-hydroxylation sites is 2. The van der Waals surface area contributed by atoms with Crippen LogP contribution in [0.5, 0.6) is 0 Å². The highest BCUT2D eigenvalue weighted by molar-refractivity contribution is 6.06. The van der Waals surface area contributed by atoms with E-state index in [1.165, 1.54) is 0 Å². The van der Waals surface area contributed by atoms with Gasteiger partial charge in [0.15, 0.2) is 0 Å². The third kappa shape index (κ3) is 4.54. The zero-order valence-electron chi connectivity index (χ0n) is 17.9. The Balaban J connectivity index is 1.45. The molecule has 156 valence electrons. The van der Waals surface area contributed by atoms with Gasteiger partial charge in [-0.15, -0.1) is 0 Å². The highest BCUT2D eigenvalue weighted by atomic mass is 16.1. The van der Waals surface area contributed by atoms with E-state index in [9.17, 15) is 4.79 Å². The first-order valence-electron chi connectivity index (χ1n) is 10.4. The topological polar surface area (TPSA) is 53.4 Å². The van der Waals surface area contributed by atoms with E-state index in [1.807, 2.05) is 54.1 Å². The number of anilines is 2. The van der Waals surface area contributed by atoms with Gasteiger partial charge < -0.3 is 15.1 Å². The van der Waals surface area contributed by atoms with Crippen molar-refractivity contribution in [3.8, 4) is 0 Å². The fraction of sp³-hybridized carbons (Fsp3) is 0.333. The fourth-order valence-corrected chi connectivity index (χ4v) is 3.87. The van der Waals surface area contributed by atoms with Crippen LogP contribution in [0.2, 0.25) is 0 Å². The van der Waals surface area contributed by atoms with Gasteiger partial charge in [-0.25, -0.2) is 0 Å². The lowest BCUT2D eigenvalue weighted by Crippen LogP contribution is -2.44. The van der Waals surface area contributed by atoms with Crippen LogP contribution in [0.25, 0.3) is 0 Å². The number of likely N-dealkylation sites (N-methyl/N-ethyl adjacent to an activating group) is 1. The summed E-state index contributed by atoms with van der Waals surface area (Å²) in [5, 5.41) is 7.61. The van der Waals surface area contributed by atoms with Crippen molar-refractivity contribution >= 4 is 17.3 Å². The molecule has 2 aromatic carbocycles. The molecule has 2 heterocycles. The van der Waals surface area contributed by atoms with Crippen molar-refractivity contribution in [1.82, 2.24) is 14.7 Å². The fourth-order valence-electron chi connectivity index (χ4n) is 3.87. The minimum absolute atomic E-state index is 0.0887. The second-order valence-corrected chi connectivity index (χ2v) is 8.04. The number of nitrogens with one attached hydrogen (secondary N) is 1. The Hall–Kier alpha value is -3.12. The second kappa shape index (κ2) is 8.71. The summed E-state index contributed by atoms with van der Waals surface area (Å²) in [7, 11) is 2.14. The summed E-state index contributed by atoms with van der Waals surface area (Å²) in [6.45, 7) is 8.73. The second-order valence-electron chi connectivity index (χ2n) is 8.04. The Kier molecular flexibility index (Phi) is 5.86. The van der Waals surface area contributed by atoms with Crippen molar-refractivity contribution in [2.75, 3.05) is 43.4 Å². The Morgan fingerprint density at radius 1 is 1.00 bits per heavy atom. The first kappa shape index (κ1) is 20.2. The molecule has 30 heavy (non-hydrogen) atoms. The first-order chi connectivity index (χ1) is 14.5. The molecular weight excluding hydrogens is 374 g/mol. The number of carbonyl (C=O) groups excluding carboxylic acids is 1. The summed E-state index contributed by atoms with van der Waals surface area (Å²) in [5.74, 6) is -0.0887. The summed E-state index contributed by atoms with van der Waals surface area (Å²) in [5.41, 5.74) is 5.87. The Labute approximate surface area is 178 Å². The van der Waals surface area contributed by atoms with Crippen molar-refractivity contribution in [1.29, 1.82) is 0 Å². The van der Waals surface area contributed by atoms with Crippen LogP contribution >= 0.6 is 0 Å². The lowest BCUT2D eigenvalue weighted by atomic mass is 10.1. The monoisotopic (exact) mass is 403 g/mol. The normalized spacial score (nSPS) is 14.7. The van der Waals surface area contributed by atoms with Gasteiger partial charge in [-0.3, -0.25) is 9.48 Å². The van der Waals surface area contributed by atoms with E-state index in [0.29, 0.717) is 12.1 Å². The Bertz CT molecular complexity index is 1020. The van der Waals surface area contributed by atoms with Crippen LogP contribution in [0.3, 0.4) is 0 Å². The molecule has 3 aromatic rings. The van der Waals surface area contributed by atoms with E-state index >= 15 is 0 Å². The number of aromatic nitrogens is 2. The number of nitrogens with zero attached hydrogens (tertiary/aromatic N) is 4. The van der Waals surface area contributed by atoms with Crippen molar-refractivity contribution in [3.05, 3.63) is 77.1 Å². The average Bonchev–Trinajstić information content (AvgIpc) is 3.06. The molecule has 1 amide bonds. The number of rotatable bonds is 5. The third-order valence-electron chi connectivity index (χ3n) is 5.65. The largest absolute Gasteiger partial charge is 0.367 e. The van der Waals surface area contributed by atoms with E-state index in [-0.39, 0.29) is 5.91 Å². The van der Waals surface area contributed by atoms with E-state index in [4.69, 9.17) is 0 Å². The van der Waals surface area contributed by atoms with Gasteiger partial charge in [-0.2, -0.15) is 5.10 Å². The highest BCUT2D eigenvalue weighted by Gasteiger charge is 2.18. The summed E-state index contributed by atoms with van der Waals surface area (Å²) in [4.78, 5) is 17.5. The highest BCUT2D eigenvalue weighted by Crippen LogP contribution is 2.27. The van der Waals surface area contributed by atoms with Crippen LogP contribution in [0.4, 0.5) is 11.4 Å². The lowest BCUT2D eigenvalue weighted by molar-refractivity contribution is 0.102. The van der Waals surface area contributed by atoms with Gasteiger partial charge in [-0.1, -0.05) is 24.3 Å². The lowest BCUT2D eigenvalue weighted by Gasteiger charge is -2.35. The number of hydrogen-bond donors (Lipinski definition) is 1. The zero-order valence-corrected chi connectivity index (χ0v) is 17.9. The molecule has 1 aliphatic rings. The van der Waals surface area contributed by atoms with Crippen molar-refractivity contribution in [2.45, 2.75) is 20.4 Å². The first-order valence-corrected chi connectivity index (χ1v) is 10.4. The molecule has 6 nitrogen and oxygen atoms in total. The molecule has 0 unspecified atom stereocenters. The molecule has 0 atom stereocenters. The molecule has 1 aromatic heterocycles. The average molecular weight is 404 g/mol. The van der Waals surface area contributed by atoms with Gasteiger partial charge in [0.25, 0.3) is 5.91 Å². The molecule has 1 saturated heterocycles. The Morgan fingerprint density at radius 2 is 1.70 bits per heavy atom. The summed E-state index contributed by atoms with van der Waals surface area (Å²) in [6, 6.07) is 17.9. The minimum atomic E-state index is -0.0887. The number of carbonyl (C=O) groups is 1. The van der Waals surface area contributed by atoms with Gasteiger partial charge in [0, 0.05) is 37.4 Å². The smallest absolute Gasteiger partial charge is 0.255 e. The van der Waals surface area contributed by atoms with Crippen LogP contribution < -0.4 is 10.2 Å². The molecule has 0 spiro atoms. The number of hydrogen-bond acceptors (Lipinski definition) is 4. The van der Waals surface area contributed by atoms with Gasteiger partial charge in [0.1, 0.15) is 0 Å². The third-order valence-corrected chi connectivity index (χ3v) is 5.65. The van der Waals surface area contributed by atoms with Crippen LogP contribution in [-0.2, 0) is 6.54 Å². The molecule has 0 bridgehead atoms. The van der Waals surface area contributed by atoms with E-state index in [1.54, 1.807) is 0 Å². The summed E-state index contributed by atoms with van der Waals surface area (Å²) in [6.07, 6.45) is 0. The van der Waals surface area contributed by atoms with Crippen LogP contribution in [0, 0.1) is 13.8 Å². The molecule has 1 fully saturated rings. The van der Waals surface area contributed by atoms with Crippen LogP contribution in [-0.4, -0.2) is 53.8 Å². The van der Waals surface area contributed by atoms with E-state index in [2.05, 4.69) is 46.3 Å². The number of piperazine rings is 1. The Morgan fingerprint density at radius 3 is 2.37 bits per heavy atom. The maximum atomic E-state index is 12.9. The van der Waals surface area contributed by atoms with Crippen molar-refractivity contribution in [3.63, 3.8) is 0 Å². The SMILES string of the molecule is Cc1cc(C)n(Cc2ccc(C(=O)Nc3ccccc3N3CCN(C)CC3)cc2)n1. The molecule has 1 aliphatic heterocycles. The van der Waals surface area contributed by atoms with E-state index < -0.39 is 0 Å². The predicted molar refractivity (Wildman–Crippen MR) is 121 cm³/mol. The molecule has 0 saturated carbocycles. The molecule has 0 aliphatic carbocycles. The van der Waals surface area contributed by atoms with Gasteiger partial charge >= 0.3 is 0 Å². The maximum Gasteiger partial charge on any atom is 0.255 e. The number of amides is 1. The maximum absolute atomic E-state index is 12.9.